The summed E-state index contributed by atoms with van der Waals surface area (Å²) < 4.78 is 6.95. The zero-order chi connectivity index (χ0) is 27.5. The maximum atomic E-state index is 13.8. The molecular formula is C30H35N5O4. The highest BCUT2D eigenvalue weighted by Crippen LogP contribution is 2.46. The third kappa shape index (κ3) is 3.85. The van der Waals surface area contributed by atoms with Gasteiger partial charge in [-0.3, -0.25) is 9.79 Å². The van der Waals surface area contributed by atoms with E-state index in [1.807, 2.05) is 18.2 Å². The summed E-state index contributed by atoms with van der Waals surface area (Å²) >= 11 is 0. The number of unbranched alkanes of at least 4 members (excludes halogenated alkanes) is 1. The van der Waals surface area contributed by atoms with Gasteiger partial charge in [-0.15, -0.1) is 0 Å². The highest BCUT2D eigenvalue weighted by atomic mass is 16.6. The molecule has 0 saturated carbocycles. The number of carbonyl (C=O) groups is 1. The highest BCUT2D eigenvalue weighted by molar-refractivity contribution is 6.21. The molecule has 3 aliphatic heterocycles. The molecule has 204 valence electrons. The number of guanidine groups is 1. The van der Waals surface area contributed by atoms with Gasteiger partial charge in [-0.25, -0.2) is 9.78 Å². The Morgan fingerprint density at radius 2 is 2.05 bits per heavy atom. The molecule has 3 aromatic rings. The summed E-state index contributed by atoms with van der Waals surface area (Å²) in [6.45, 7) is 10.0. The largest absolute Gasteiger partial charge is 0.458 e. The number of aliphatic hydroxyl groups is 1. The Morgan fingerprint density at radius 3 is 2.79 bits per heavy atom. The first-order valence-electron chi connectivity index (χ1n) is 14.0. The minimum absolute atomic E-state index is 0.112. The number of nitrogens with one attached hydrogen (secondary N) is 1. The molecule has 3 aliphatic rings. The summed E-state index contributed by atoms with van der Waals surface area (Å²) in [5.74, 6) is 0.602. The lowest BCUT2D eigenvalue weighted by Crippen LogP contribution is -2.44. The molecule has 0 radical (unpaired) electrons. The Morgan fingerprint density at radius 1 is 1.23 bits per heavy atom. The van der Waals surface area contributed by atoms with Crippen LogP contribution in [0.3, 0.4) is 0 Å². The SMILES string of the molecule is CCCCN=C1Nc2cccc3nc4c(c(c23)N1CCC(C)C)Cn1c-4cc2c(c1=O)COC(=O)C2(O)CC. The molecule has 9 nitrogen and oxygen atoms in total. The van der Waals surface area contributed by atoms with Gasteiger partial charge in [-0.05, 0) is 43.4 Å². The number of fused-ring (bicyclic) bond motifs is 5. The van der Waals surface area contributed by atoms with E-state index in [4.69, 9.17) is 14.7 Å². The number of carbonyl (C=O) groups excluding carboxylic acids is 1. The molecule has 9 heteroatoms. The molecular weight excluding hydrogens is 494 g/mol. The number of nitrogens with zero attached hydrogens (tertiary/aromatic N) is 4. The topological polar surface area (TPSA) is 109 Å². The number of esters is 1. The summed E-state index contributed by atoms with van der Waals surface area (Å²) in [5.41, 5.74) is 3.63. The first-order chi connectivity index (χ1) is 18.8. The van der Waals surface area contributed by atoms with Crippen molar-refractivity contribution >= 4 is 34.2 Å². The third-order valence-corrected chi connectivity index (χ3v) is 8.16. The number of benzene rings is 1. The van der Waals surface area contributed by atoms with Gasteiger partial charge in [-0.2, -0.15) is 0 Å². The van der Waals surface area contributed by atoms with Crippen molar-refractivity contribution in [1.82, 2.24) is 9.55 Å². The number of rotatable bonds is 7. The van der Waals surface area contributed by atoms with Gasteiger partial charge in [0.2, 0.25) is 5.96 Å². The second-order valence-electron chi connectivity index (χ2n) is 11.1. The van der Waals surface area contributed by atoms with Crippen LogP contribution in [-0.4, -0.2) is 39.7 Å². The Labute approximate surface area is 227 Å². The van der Waals surface area contributed by atoms with Crippen LogP contribution in [0.5, 0.6) is 0 Å². The van der Waals surface area contributed by atoms with Crippen LogP contribution in [0.2, 0.25) is 0 Å². The Bertz CT molecular complexity index is 1590. The third-order valence-electron chi connectivity index (χ3n) is 8.16. The second kappa shape index (κ2) is 9.48. The monoisotopic (exact) mass is 529 g/mol. The molecule has 0 saturated heterocycles. The normalized spacial score (nSPS) is 20.2. The molecule has 0 bridgehead atoms. The molecule has 0 fully saturated rings. The predicted molar refractivity (Wildman–Crippen MR) is 152 cm³/mol. The minimum atomic E-state index is -1.85. The first-order valence-corrected chi connectivity index (χ1v) is 14.0. The molecule has 2 aromatic heterocycles. The number of pyridine rings is 2. The molecule has 2 N–H and O–H groups in total. The van der Waals surface area contributed by atoms with Crippen LogP contribution < -0.4 is 15.8 Å². The molecule has 1 unspecified atom stereocenters. The number of cyclic esters (lactones) is 1. The van der Waals surface area contributed by atoms with Crippen LogP contribution in [-0.2, 0) is 28.3 Å². The summed E-state index contributed by atoms with van der Waals surface area (Å²) in [6.07, 6.45) is 3.15. The van der Waals surface area contributed by atoms with Crippen molar-refractivity contribution in [1.29, 1.82) is 0 Å². The molecule has 5 heterocycles. The van der Waals surface area contributed by atoms with E-state index in [-0.39, 0.29) is 18.6 Å². The van der Waals surface area contributed by atoms with Gasteiger partial charge >= 0.3 is 5.97 Å². The molecule has 1 atom stereocenters. The van der Waals surface area contributed by atoms with Crippen LogP contribution >= 0.6 is 0 Å². The lowest BCUT2D eigenvalue weighted by Gasteiger charge is -2.35. The van der Waals surface area contributed by atoms with Crippen LogP contribution in [0.15, 0.2) is 34.1 Å². The number of aromatic nitrogens is 2. The quantitative estimate of drug-likeness (QED) is 0.268. The van der Waals surface area contributed by atoms with E-state index < -0.39 is 11.6 Å². The van der Waals surface area contributed by atoms with Crippen molar-refractivity contribution in [2.45, 2.75) is 72.1 Å². The smallest absolute Gasteiger partial charge is 0.343 e. The van der Waals surface area contributed by atoms with Crippen molar-refractivity contribution in [2.75, 3.05) is 23.3 Å². The fraction of sp³-hybridized carbons (Fsp3) is 0.467. The van der Waals surface area contributed by atoms with Gasteiger partial charge in [0.15, 0.2) is 5.60 Å². The number of ether oxygens (including phenoxy) is 1. The zero-order valence-corrected chi connectivity index (χ0v) is 23.0. The maximum absolute atomic E-state index is 13.8. The average Bonchev–Trinajstić information content (AvgIpc) is 3.29. The number of hydrogen-bond donors (Lipinski definition) is 2. The van der Waals surface area contributed by atoms with Gasteiger partial charge in [0, 0.05) is 29.6 Å². The van der Waals surface area contributed by atoms with Gasteiger partial charge < -0.3 is 24.6 Å². The van der Waals surface area contributed by atoms with E-state index in [0.717, 1.165) is 66.2 Å². The van der Waals surface area contributed by atoms with Crippen molar-refractivity contribution in [3.8, 4) is 11.4 Å². The van der Waals surface area contributed by atoms with Crippen LogP contribution in [0, 0.1) is 5.92 Å². The molecule has 39 heavy (non-hydrogen) atoms. The molecule has 0 amide bonds. The Kier molecular flexibility index (Phi) is 6.21. The van der Waals surface area contributed by atoms with Crippen LogP contribution in [0.4, 0.5) is 11.4 Å². The van der Waals surface area contributed by atoms with Crippen LogP contribution in [0.25, 0.3) is 22.3 Å². The van der Waals surface area contributed by atoms with E-state index in [1.165, 1.54) is 0 Å². The molecule has 0 aliphatic carbocycles. The van der Waals surface area contributed by atoms with E-state index in [0.29, 0.717) is 35.0 Å². The van der Waals surface area contributed by atoms with Crippen molar-refractivity contribution in [3.05, 3.63) is 51.3 Å². The van der Waals surface area contributed by atoms with Gasteiger partial charge in [0.05, 0.1) is 40.4 Å². The first kappa shape index (κ1) is 25.6. The fourth-order valence-corrected chi connectivity index (χ4v) is 5.87. The van der Waals surface area contributed by atoms with Crippen molar-refractivity contribution in [3.63, 3.8) is 0 Å². The summed E-state index contributed by atoms with van der Waals surface area (Å²) in [5, 5.41) is 15.8. The molecule has 6 rings (SSSR count). The van der Waals surface area contributed by atoms with E-state index >= 15 is 0 Å². The lowest BCUT2D eigenvalue weighted by molar-refractivity contribution is -0.172. The number of anilines is 2. The summed E-state index contributed by atoms with van der Waals surface area (Å²) in [7, 11) is 0. The van der Waals surface area contributed by atoms with Crippen LogP contribution in [0.1, 0.15) is 70.1 Å². The van der Waals surface area contributed by atoms with E-state index in [2.05, 4.69) is 31.0 Å². The standard InChI is InChI=1S/C30H35N5O4/c1-5-7-12-31-29-33-22-10-8-9-21-24(22)26(34(29)13-11-17(3)4)18-15-35-23(25(18)32-21)14-20-19(27(35)36)16-39-28(37)30(20,38)6-2/h8-10,14,17,38H,5-7,11-13,15-16H2,1-4H3,(H,31,33). The van der Waals surface area contributed by atoms with E-state index in [9.17, 15) is 14.7 Å². The highest BCUT2D eigenvalue weighted by Gasteiger charge is 2.46. The Hall–Kier alpha value is -3.72. The summed E-state index contributed by atoms with van der Waals surface area (Å²) in [6, 6.07) is 7.79. The maximum Gasteiger partial charge on any atom is 0.343 e. The predicted octanol–water partition coefficient (Wildman–Crippen LogP) is 4.51. The molecule has 1 aromatic carbocycles. The molecule has 0 spiro atoms. The number of aliphatic imine (C=N–C) groups is 1. The zero-order valence-electron chi connectivity index (χ0n) is 23.0. The average molecular weight is 530 g/mol. The van der Waals surface area contributed by atoms with Crippen molar-refractivity contribution < 1.29 is 14.6 Å². The number of hydrogen-bond acceptors (Lipinski definition) is 6. The van der Waals surface area contributed by atoms with Gasteiger partial charge in [-0.1, -0.05) is 40.2 Å². The van der Waals surface area contributed by atoms with Gasteiger partial charge in [0.25, 0.3) is 5.56 Å². The lowest BCUT2D eigenvalue weighted by atomic mass is 9.86. The van der Waals surface area contributed by atoms with Crippen molar-refractivity contribution in [2.24, 2.45) is 10.9 Å². The van der Waals surface area contributed by atoms with Gasteiger partial charge in [0.1, 0.15) is 6.61 Å². The Balaban J connectivity index is 1.60. The minimum Gasteiger partial charge on any atom is -0.458 e. The van der Waals surface area contributed by atoms with E-state index in [1.54, 1.807) is 17.6 Å². The second-order valence-corrected chi connectivity index (χ2v) is 11.1. The fourth-order valence-electron chi connectivity index (χ4n) is 5.87. The summed E-state index contributed by atoms with van der Waals surface area (Å²) in [4.78, 5) is 38.6.